The highest BCUT2D eigenvalue weighted by Crippen LogP contribution is 2.69. The third kappa shape index (κ3) is 3.11. The van der Waals surface area contributed by atoms with Crippen LogP contribution < -0.4 is 10.6 Å². The van der Waals surface area contributed by atoms with Crippen molar-refractivity contribution in [2.24, 2.45) is 28.1 Å². The van der Waals surface area contributed by atoms with Crippen LogP contribution in [0.1, 0.15) is 72.1 Å². The predicted molar refractivity (Wildman–Crippen MR) is 100 cm³/mol. The Morgan fingerprint density at radius 3 is 2.33 bits per heavy atom. The number of nitrogens with one attached hydrogen (secondary N) is 2. The van der Waals surface area contributed by atoms with Gasteiger partial charge in [-0.15, -0.1) is 12.4 Å². The normalized spacial score (nSPS) is 47.8. The molecule has 138 valence electrons. The number of amides is 1. The fraction of sp³-hybridized carbons (Fsp3) is 0.950. The van der Waals surface area contributed by atoms with Gasteiger partial charge in [-0.2, -0.15) is 0 Å². The van der Waals surface area contributed by atoms with Crippen molar-refractivity contribution in [3.63, 3.8) is 0 Å². The molecule has 4 unspecified atom stereocenters. The minimum absolute atomic E-state index is 0. The van der Waals surface area contributed by atoms with E-state index in [1.807, 2.05) is 0 Å². The Bertz CT molecular complexity index is 484. The van der Waals surface area contributed by atoms with E-state index in [1.54, 1.807) is 0 Å². The maximum absolute atomic E-state index is 13.3. The summed E-state index contributed by atoms with van der Waals surface area (Å²) in [7, 11) is 0. The second kappa shape index (κ2) is 6.16. The van der Waals surface area contributed by atoms with Gasteiger partial charge in [0.05, 0.1) is 5.41 Å². The van der Waals surface area contributed by atoms with Crippen LogP contribution in [0.4, 0.5) is 0 Å². The third-order valence-electron chi connectivity index (χ3n) is 7.51. The van der Waals surface area contributed by atoms with Gasteiger partial charge in [0, 0.05) is 6.04 Å². The van der Waals surface area contributed by atoms with Gasteiger partial charge in [0.15, 0.2) is 0 Å². The number of piperidine rings is 1. The van der Waals surface area contributed by atoms with E-state index in [1.165, 1.54) is 32.1 Å². The van der Waals surface area contributed by atoms with Gasteiger partial charge in [-0.05, 0) is 94.0 Å². The molecule has 3 nitrogen and oxygen atoms in total. The molecule has 0 aromatic carbocycles. The van der Waals surface area contributed by atoms with Gasteiger partial charge in [-0.1, -0.05) is 13.8 Å². The molecular formula is C20H35ClN2O. The van der Waals surface area contributed by atoms with Crippen LogP contribution in [0.3, 0.4) is 0 Å². The first kappa shape index (κ1) is 18.5. The first-order chi connectivity index (χ1) is 10.8. The van der Waals surface area contributed by atoms with E-state index in [0.29, 0.717) is 28.7 Å². The van der Waals surface area contributed by atoms with Crippen LogP contribution in [-0.2, 0) is 4.79 Å². The third-order valence-corrected chi connectivity index (χ3v) is 7.51. The minimum Gasteiger partial charge on any atom is -0.353 e. The topological polar surface area (TPSA) is 41.1 Å². The molecule has 0 spiro atoms. The summed E-state index contributed by atoms with van der Waals surface area (Å²) in [6, 6.07) is 0.309. The van der Waals surface area contributed by atoms with Gasteiger partial charge in [0.1, 0.15) is 0 Å². The minimum atomic E-state index is -0.0563. The molecule has 4 bridgehead atoms. The van der Waals surface area contributed by atoms with Crippen LogP contribution in [0.2, 0.25) is 0 Å². The van der Waals surface area contributed by atoms with Gasteiger partial charge in [0.25, 0.3) is 0 Å². The summed E-state index contributed by atoms with van der Waals surface area (Å²) in [5, 5.41) is 6.95. The lowest BCUT2D eigenvalue weighted by molar-refractivity contribution is -0.171. The summed E-state index contributed by atoms with van der Waals surface area (Å²) in [6.07, 6.45) is 9.97. The Kier molecular flexibility index (Phi) is 4.75. The summed E-state index contributed by atoms with van der Waals surface area (Å²) in [5.74, 6) is 1.78. The smallest absolute Gasteiger partial charge is 0.226 e. The summed E-state index contributed by atoms with van der Waals surface area (Å²) >= 11 is 0. The monoisotopic (exact) mass is 354 g/mol. The lowest BCUT2D eigenvalue weighted by atomic mass is 9.40. The van der Waals surface area contributed by atoms with Crippen molar-refractivity contribution < 1.29 is 4.79 Å². The lowest BCUT2D eigenvalue weighted by Gasteiger charge is -2.64. The zero-order valence-electron chi connectivity index (χ0n) is 15.6. The van der Waals surface area contributed by atoms with Crippen LogP contribution in [0.5, 0.6) is 0 Å². The number of carbonyl (C=O) groups is 1. The molecular weight excluding hydrogens is 320 g/mol. The van der Waals surface area contributed by atoms with Gasteiger partial charge in [0.2, 0.25) is 5.91 Å². The van der Waals surface area contributed by atoms with Gasteiger partial charge in [-0.3, -0.25) is 4.79 Å². The predicted octanol–water partition coefficient (Wildman–Crippen LogP) is 3.91. The van der Waals surface area contributed by atoms with Crippen molar-refractivity contribution in [1.82, 2.24) is 10.6 Å². The van der Waals surface area contributed by atoms with Gasteiger partial charge < -0.3 is 10.6 Å². The van der Waals surface area contributed by atoms with E-state index in [2.05, 4.69) is 31.4 Å². The number of carbonyl (C=O) groups excluding carboxylic acids is 1. The molecule has 4 aliphatic carbocycles. The Morgan fingerprint density at radius 2 is 1.79 bits per heavy atom. The summed E-state index contributed by atoms with van der Waals surface area (Å²) in [5.41, 5.74) is 0.779. The standard InChI is InChI=1S/C20H34N2O.ClH/c1-14(16-5-4-6-21-10-16)22-17(23)20-9-15-7-18(2,12-20)11-19(3,8-15)13-20;/h14-16,21H,4-13H2,1-3H3,(H,22,23);1H. The van der Waals surface area contributed by atoms with E-state index < -0.39 is 0 Å². The summed E-state index contributed by atoms with van der Waals surface area (Å²) in [6.45, 7) is 9.32. The number of hydrogen-bond acceptors (Lipinski definition) is 2. The van der Waals surface area contributed by atoms with E-state index in [-0.39, 0.29) is 17.8 Å². The van der Waals surface area contributed by atoms with E-state index >= 15 is 0 Å². The molecule has 5 aliphatic rings. The Balaban J connectivity index is 0.00000169. The first-order valence-electron chi connectivity index (χ1n) is 9.83. The molecule has 4 saturated carbocycles. The number of halogens is 1. The van der Waals surface area contributed by atoms with Gasteiger partial charge >= 0.3 is 0 Å². The maximum Gasteiger partial charge on any atom is 0.226 e. The Labute approximate surface area is 153 Å². The second-order valence-electron chi connectivity index (χ2n) is 10.3. The van der Waals surface area contributed by atoms with Crippen LogP contribution in [-0.4, -0.2) is 25.0 Å². The first-order valence-corrected chi connectivity index (χ1v) is 9.83. The van der Waals surface area contributed by atoms with E-state index in [4.69, 9.17) is 0 Å². The summed E-state index contributed by atoms with van der Waals surface area (Å²) in [4.78, 5) is 13.3. The zero-order valence-corrected chi connectivity index (χ0v) is 16.4. The maximum atomic E-state index is 13.3. The highest BCUT2D eigenvalue weighted by atomic mass is 35.5. The Morgan fingerprint density at radius 1 is 1.12 bits per heavy atom. The zero-order chi connectivity index (χ0) is 16.3. The highest BCUT2D eigenvalue weighted by molar-refractivity contribution is 5.85. The molecule has 4 heteroatoms. The number of rotatable bonds is 3. The van der Waals surface area contributed by atoms with Gasteiger partial charge in [-0.25, -0.2) is 0 Å². The van der Waals surface area contributed by atoms with Crippen molar-refractivity contribution in [1.29, 1.82) is 0 Å². The van der Waals surface area contributed by atoms with Crippen LogP contribution >= 0.6 is 12.4 Å². The molecule has 0 aromatic rings. The molecule has 1 amide bonds. The average Bonchev–Trinajstić information content (AvgIpc) is 2.44. The lowest BCUT2D eigenvalue weighted by Crippen LogP contribution is -2.61. The molecule has 24 heavy (non-hydrogen) atoms. The summed E-state index contributed by atoms with van der Waals surface area (Å²) < 4.78 is 0. The van der Waals surface area contributed by atoms with Crippen molar-refractivity contribution in [3.05, 3.63) is 0 Å². The van der Waals surface area contributed by atoms with Crippen molar-refractivity contribution in [3.8, 4) is 0 Å². The molecule has 2 N–H and O–H groups in total. The SMILES string of the molecule is CC(NC(=O)C12CC3CC(C)(CC(C)(C3)C1)C2)C1CCCNC1.Cl. The van der Waals surface area contributed by atoms with E-state index in [9.17, 15) is 4.79 Å². The van der Waals surface area contributed by atoms with Crippen LogP contribution in [0, 0.1) is 28.1 Å². The average molecular weight is 355 g/mol. The molecule has 5 rings (SSSR count). The molecule has 4 atom stereocenters. The number of hydrogen-bond donors (Lipinski definition) is 2. The van der Waals surface area contributed by atoms with Crippen LogP contribution in [0.25, 0.3) is 0 Å². The molecule has 0 aromatic heterocycles. The van der Waals surface area contributed by atoms with Crippen LogP contribution in [0.15, 0.2) is 0 Å². The van der Waals surface area contributed by atoms with E-state index in [0.717, 1.165) is 38.3 Å². The van der Waals surface area contributed by atoms with Crippen molar-refractivity contribution in [2.75, 3.05) is 13.1 Å². The Hall–Kier alpha value is -0.280. The molecule has 1 aliphatic heterocycles. The molecule has 5 fully saturated rings. The molecule has 0 radical (unpaired) electrons. The van der Waals surface area contributed by atoms with Crippen molar-refractivity contribution >= 4 is 18.3 Å². The van der Waals surface area contributed by atoms with Crippen molar-refractivity contribution in [2.45, 2.75) is 78.2 Å². The largest absolute Gasteiger partial charge is 0.353 e. The molecule has 1 heterocycles. The fourth-order valence-electron chi connectivity index (χ4n) is 7.48. The second-order valence-corrected chi connectivity index (χ2v) is 10.3. The fourth-order valence-corrected chi connectivity index (χ4v) is 7.48. The molecule has 1 saturated heterocycles. The quantitative estimate of drug-likeness (QED) is 0.806. The highest BCUT2D eigenvalue weighted by Gasteiger charge is 2.62.